The van der Waals surface area contributed by atoms with Gasteiger partial charge in [-0.3, -0.25) is 4.79 Å². The minimum absolute atomic E-state index is 0.167. The highest BCUT2D eigenvalue weighted by atomic mass is 16.2. The van der Waals surface area contributed by atoms with Gasteiger partial charge in [0.2, 0.25) is 0 Å². The molecule has 1 aromatic heterocycles. The van der Waals surface area contributed by atoms with Crippen LogP contribution < -0.4 is 0 Å². The van der Waals surface area contributed by atoms with Gasteiger partial charge in [-0.15, -0.1) is 0 Å². The van der Waals surface area contributed by atoms with Gasteiger partial charge in [0.15, 0.2) is 0 Å². The van der Waals surface area contributed by atoms with Crippen molar-refractivity contribution < 1.29 is 4.79 Å². The van der Waals surface area contributed by atoms with Crippen molar-refractivity contribution in [1.82, 2.24) is 9.47 Å². The maximum atomic E-state index is 12.9. The Morgan fingerprint density at radius 1 is 1.12 bits per heavy atom. The second kappa shape index (κ2) is 6.40. The molecule has 25 heavy (non-hydrogen) atoms. The lowest BCUT2D eigenvalue weighted by Gasteiger charge is -2.17. The van der Waals surface area contributed by atoms with Crippen LogP contribution in [0.25, 0.3) is 10.9 Å². The Hall–Kier alpha value is -2.55. The number of nitrogens with zero attached hydrogens (tertiary/aromatic N) is 2. The van der Waals surface area contributed by atoms with Crippen molar-refractivity contribution in [3.8, 4) is 0 Å². The van der Waals surface area contributed by atoms with Crippen LogP contribution in [0.5, 0.6) is 0 Å². The predicted octanol–water partition coefficient (Wildman–Crippen LogP) is 4.60. The summed E-state index contributed by atoms with van der Waals surface area (Å²) in [7, 11) is 0. The van der Waals surface area contributed by atoms with E-state index >= 15 is 0 Å². The van der Waals surface area contributed by atoms with Crippen LogP contribution in [0.15, 0.2) is 54.7 Å². The predicted molar refractivity (Wildman–Crippen MR) is 102 cm³/mol. The first kappa shape index (κ1) is 15.9. The Morgan fingerprint density at radius 2 is 1.88 bits per heavy atom. The molecule has 0 aliphatic carbocycles. The molecule has 3 heteroatoms. The average molecular weight is 332 g/mol. The van der Waals surface area contributed by atoms with Crippen molar-refractivity contribution in [1.29, 1.82) is 0 Å². The van der Waals surface area contributed by atoms with E-state index in [0.717, 1.165) is 37.2 Å². The molecule has 3 aromatic rings. The molecule has 2 heterocycles. The van der Waals surface area contributed by atoms with Gasteiger partial charge < -0.3 is 9.47 Å². The van der Waals surface area contributed by atoms with Crippen molar-refractivity contribution in [3.05, 3.63) is 71.4 Å². The van der Waals surface area contributed by atoms with Gasteiger partial charge in [0, 0.05) is 48.2 Å². The topological polar surface area (TPSA) is 25.2 Å². The molecule has 2 aromatic carbocycles. The molecule has 1 unspecified atom stereocenters. The van der Waals surface area contributed by atoms with Crippen LogP contribution in [0.1, 0.15) is 40.7 Å². The van der Waals surface area contributed by atoms with Crippen LogP contribution >= 0.6 is 0 Å². The van der Waals surface area contributed by atoms with Crippen molar-refractivity contribution in [2.75, 3.05) is 13.1 Å². The largest absolute Gasteiger partial charge is 0.347 e. The first-order valence-corrected chi connectivity index (χ1v) is 9.11. The minimum atomic E-state index is 0.167. The molecule has 0 radical (unpaired) electrons. The van der Waals surface area contributed by atoms with E-state index in [4.69, 9.17) is 0 Å². The summed E-state index contributed by atoms with van der Waals surface area (Å²) in [4.78, 5) is 14.9. The number of aromatic nitrogens is 1. The first-order chi connectivity index (χ1) is 12.2. The van der Waals surface area contributed by atoms with Gasteiger partial charge in [0.25, 0.3) is 5.91 Å². The highest BCUT2D eigenvalue weighted by molar-refractivity contribution is 5.96. The smallest absolute Gasteiger partial charge is 0.254 e. The van der Waals surface area contributed by atoms with E-state index < -0.39 is 0 Å². The van der Waals surface area contributed by atoms with Gasteiger partial charge in [-0.1, -0.05) is 36.4 Å². The third kappa shape index (κ3) is 2.74. The van der Waals surface area contributed by atoms with E-state index in [1.165, 1.54) is 16.5 Å². The summed E-state index contributed by atoms with van der Waals surface area (Å²) >= 11 is 0. The number of carbonyl (C=O) groups excluding carboxylic acids is 1. The molecule has 1 fully saturated rings. The van der Waals surface area contributed by atoms with E-state index in [0.29, 0.717) is 5.92 Å². The maximum absolute atomic E-state index is 12.9. The monoisotopic (exact) mass is 332 g/mol. The van der Waals surface area contributed by atoms with Gasteiger partial charge in [0.05, 0.1) is 0 Å². The van der Waals surface area contributed by atoms with Gasteiger partial charge in [-0.05, 0) is 43.5 Å². The summed E-state index contributed by atoms with van der Waals surface area (Å²) in [6, 6.07) is 16.5. The van der Waals surface area contributed by atoms with E-state index in [9.17, 15) is 4.79 Å². The standard InChI is InChI=1S/C22H24N2O/c1-3-23-15-20(19-10-6-7-11-21(19)23)17-12-13-24(14-17)22(25)18-9-5-4-8-16(18)2/h4-11,15,17H,3,12-14H2,1-2H3. The van der Waals surface area contributed by atoms with E-state index in [1.807, 2.05) is 36.1 Å². The summed E-state index contributed by atoms with van der Waals surface area (Å²) in [6.07, 6.45) is 3.33. The highest BCUT2D eigenvalue weighted by Gasteiger charge is 2.30. The summed E-state index contributed by atoms with van der Waals surface area (Å²) in [5.74, 6) is 0.588. The fraction of sp³-hybridized carbons (Fsp3) is 0.318. The Balaban J connectivity index is 1.61. The second-order valence-electron chi connectivity index (χ2n) is 6.94. The zero-order chi connectivity index (χ0) is 17.4. The third-order valence-electron chi connectivity index (χ3n) is 5.45. The van der Waals surface area contributed by atoms with Crippen molar-refractivity contribution in [3.63, 3.8) is 0 Å². The van der Waals surface area contributed by atoms with Crippen LogP contribution in [0.4, 0.5) is 0 Å². The summed E-state index contributed by atoms with van der Waals surface area (Å²) in [5.41, 5.74) is 4.57. The third-order valence-corrected chi connectivity index (χ3v) is 5.45. The molecule has 0 spiro atoms. The van der Waals surface area contributed by atoms with E-state index in [-0.39, 0.29) is 5.91 Å². The van der Waals surface area contributed by atoms with Crippen LogP contribution in [0.2, 0.25) is 0 Å². The number of hydrogen-bond donors (Lipinski definition) is 0. The molecule has 1 saturated heterocycles. The Bertz CT molecular complexity index is 925. The number of rotatable bonds is 3. The normalized spacial score (nSPS) is 17.4. The number of para-hydroxylation sites is 1. The maximum Gasteiger partial charge on any atom is 0.254 e. The average Bonchev–Trinajstić information content (AvgIpc) is 3.26. The number of likely N-dealkylation sites (tertiary alicyclic amines) is 1. The SMILES string of the molecule is CCn1cc(C2CCN(C(=O)c3ccccc3C)C2)c2ccccc21. The molecule has 1 atom stereocenters. The van der Waals surface area contributed by atoms with Gasteiger partial charge >= 0.3 is 0 Å². The molecular formula is C22H24N2O. The Labute approximate surface area is 148 Å². The molecule has 0 bridgehead atoms. The van der Waals surface area contributed by atoms with Gasteiger partial charge in [-0.2, -0.15) is 0 Å². The molecular weight excluding hydrogens is 308 g/mol. The van der Waals surface area contributed by atoms with Gasteiger partial charge in [-0.25, -0.2) is 0 Å². The number of benzene rings is 2. The zero-order valence-electron chi connectivity index (χ0n) is 14.9. The number of carbonyl (C=O) groups is 1. The second-order valence-corrected chi connectivity index (χ2v) is 6.94. The first-order valence-electron chi connectivity index (χ1n) is 9.11. The highest BCUT2D eigenvalue weighted by Crippen LogP contribution is 2.34. The summed E-state index contributed by atoms with van der Waals surface area (Å²) in [6.45, 7) is 6.81. The number of aryl methyl sites for hydroxylation is 2. The fourth-order valence-electron chi connectivity index (χ4n) is 4.04. The van der Waals surface area contributed by atoms with Gasteiger partial charge in [0.1, 0.15) is 0 Å². The molecule has 3 nitrogen and oxygen atoms in total. The Kier molecular flexibility index (Phi) is 4.08. The molecule has 0 saturated carbocycles. The van der Waals surface area contributed by atoms with Crippen LogP contribution in [0.3, 0.4) is 0 Å². The van der Waals surface area contributed by atoms with Crippen molar-refractivity contribution in [2.24, 2.45) is 0 Å². The molecule has 128 valence electrons. The zero-order valence-corrected chi connectivity index (χ0v) is 14.9. The lowest BCUT2D eigenvalue weighted by atomic mass is 9.98. The van der Waals surface area contributed by atoms with Crippen LogP contribution in [0, 0.1) is 6.92 Å². The van der Waals surface area contributed by atoms with Crippen molar-refractivity contribution in [2.45, 2.75) is 32.7 Å². The van der Waals surface area contributed by atoms with Crippen LogP contribution in [-0.2, 0) is 6.54 Å². The molecule has 1 amide bonds. The molecule has 0 N–H and O–H groups in total. The van der Waals surface area contributed by atoms with Crippen molar-refractivity contribution >= 4 is 16.8 Å². The Morgan fingerprint density at radius 3 is 2.68 bits per heavy atom. The molecule has 1 aliphatic rings. The summed E-state index contributed by atoms with van der Waals surface area (Å²) < 4.78 is 2.32. The number of fused-ring (bicyclic) bond motifs is 1. The van der Waals surface area contributed by atoms with Crippen LogP contribution in [-0.4, -0.2) is 28.5 Å². The lowest BCUT2D eigenvalue weighted by molar-refractivity contribution is 0.0790. The van der Waals surface area contributed by atoms with E-state index in [1.54, 1.807) is 0 Å². The fourth-order valence-corrected chi connectivity index (χ4v) is 4.04. The quantitative estimate of drug-likeness (QED) is 0.688. The van der Waals surface area contributed by atoms with E-state index in [2.05, 4.69) is 42.0 Å². The number of hydrogen-bond acceptors (Lipinski definition) is 1. The number of amides is 1. The summed E-state index contributed by atoms with van der Waals surface area (Å²) in [5, 5.41) is 1.33. The lowest BCUT2D eigenvalue weighted by Crippen LogP contribution is -2.29. The molecule has 4 rings (SSSR count). The molecule has 1 aliphatic heterocycles. The minimum Gasteiger partial charge on any atom is -0.347 e.